The first kappa shape index (κ1) is 20.5. The summed E-state index contributed by atoms with van der Waals surface area (Å²) in [5.41, 5.74) is 2.82. The van der Waals surface area contributed by atoms with Crippen LogP contribution in [-0.4, -0.2) is 22.9 Å². The van der Waals surface area contributed by atoms with Gasteiger partial charge in [0.2, 0.25) is 0 Å². The minimum atomic E-state index is -4.33. The standard InChI is InChI=1S/C13H10N2O3S.2O.Ti/c16-19(17,18)13-14-11-8-4-7-10(12(11)15-13)9-5-2-1-3-6-9;;;/h1-8H,(H,14,15)(H,16,17,18);;;/q;2*-2;+4. The molecule has 0 aliphatic carbocycles. The monoisotopic (exact) mass is 354 g/mol. The Bertz CT molecular complexity index is 849. The fraction of sp³-hybridized carbons (Fsp3) is 0. The van der Waals surface area contributed by atoms with Gasteiger partial charge in [0.15, 0.2) is 0 Å². The summed E-state index contributed by atoms with van der Waals surface area (Å²) in [6, 6.07) is 14.9. The van der Waals surface area contributed by atoms with Crippen LogP contribution in [0.25, 0.3) is 22.2 Å². The SMILES string of the molecule is O=S(=O)(O)c1nc2c(-c3ccccc3)cccc2[nH]1.[O-2].[O-2].[Ti+4]. The van der Waals surface area contributed by atoms with Crippen molar-refractivity contribution in [3.63, 3.8) is 0 Å². The Morgan fingerprint density at radius 1 is 0.955 bits per heavy atom. The van der Waals surface area contributed by atoms with Gasteiger partial charge in [-0.3, -0.25) is 4.55 Å². The summed E-state index contributed by atoms with van der Waals surface area (Å²) in [5, 5.41) is -0.439. The number of benzene rings is 2. The molecule has 2 N–H and O–H groups in total. The summed E-state index contributed by atoms with van der Waals surface area (Å²) in [6.07, 6.45) is 0. The van der Waals surface area contributed by atoms with Crippen molar-refractivity contribution in [2.75, 3.05) is 0 Å². The summed E-state index contributed by atoms with van der Waals surface area (Å²) in [5.74, 6) is 0. The van der Waals surface area contributed by atoms with Gasteiger partial charge in [-0.1, -0.05) is 42.5 Å². The number of H-pyrrole nitrogens is 1. The van der Waals surface area contributed by atoms with E-state index in [2.05, 4.69) is 9.97 Å². The third-order valence-corrected chi connectivity index (χ3v) is 3.50. The molecular formula is C13H10N2O5STi. The molecule has 0 saturated carbocycles. The second-order valence-corrected chi connectivity index (χ2v) is 5.42. The van der Waals surface area contributed by atoms with Crippen LogP contribution in [0.15, 0.2) is 53.7 Å². The number of imidazole rings is 1. The number of nitrogens with one attached hydrogen (secondary N) is 1. The Balaban J connectivity index is 0.00000147. The fourth-order valence-electron chi connectivity index (χ4n) is 1.98. The number of hydrogen-bond acceptors (Lipinski definition) is 3. The zero-order chi connectivity index (χ0) is 13.5. The molecule has 0 atom stereocenters. The minimum Gasteiger partial charge on any atom is -2.00 e. The van der Waals surface area contributed by atoms with Crippen LogP contribution in [-0.2, 0) is 42.8 Å². The van der Waals surface area contributed by atoms with Gasteiger partial charge in [0, 0.05) is 5.56 Å². The molecule has 0 amide bonds. The van der Waals surface area contributed by atoms with Gasteiger partial charge in [-0.15, -0.1) is 0 Å². The average molecular weight is 354 g/mol. The van der Waals surface area contributed by atoms with Crippen LogP contribution in [0.1, 0.15) is 0 Å². The largest absolute Gasteiger partial charge is 4.00 e. The van der Waals surface area contributed by atoms with E-state index in [1.807, 2.05) is 36.4 Å². The quantitative estimate of drug-likeness (QED) is 0.538. The van der Waals surface area contributed by atoms with Crippen LogP contribution >= 0.6 is 0 Å². The van der Waals surface area contributed by atoms with Gasteiger partial charge < -0.3 is 15.9 Å². The van der Waals surface area contributed by atoms with E-state index in [9.17, 15) is 8.42 Å². The van der Waals surface area contributed by atoms with Crippen molar-refractivity contribution in [3.8, 4) is 11.1 Å². The third-order valence-electron chi connectivity index (χ3n) is 2.82. The summed E-state index contributed by atoms with van der Waals surface area (Å²) < 4.78 is 31.3. The molecule has 9 heteroatoms. The predicted octanol–water partition coefficient (Wildman–Crippen LogP) is 2.24. The number of hydrogen-bond donors (Lipinski definition) is 2. The first-order chi connectivity index (χ1) is 9.05. The van der Waals surface area contributed by atoms with E-state index in [1.54, 1.807) is 12.1 Å². The summed E-state index contributed by atoms with van der Waals surface area (Å²) in [6.45, 7) is 0. The van der Waals surface area contributed by atoms with E-state index in [0.717, 1.165) is 11.1 Å². The first-order valence-electron chi connectivity index (χ1n) is 5.57. The molecule has 0 aliphatic rings. The zero-order valence-electron chi connectivity index (χ0n) is 11.1. The van der Waals surface area contributed by atoms with E-state index in [0.29, 0.717) is 11.0 Å². The number of rotatable bonds is 2. The molecule has 2 aromatic carbocycles. The van der Waals surface area contributed by atoms with Crippen LogP contribution in [0.5, 0.6) is 0 Å². The van der Waals surface area contributed by atoms with Crippen molar-refractivity contribution in [3.05, 3.63) is 48.5 Å². The van der Waals surface area contributed by atoms with E-state index < -0.39 is 15.3 Å². The maximum absolute atomic E-state index is 11.1. The molecule has 7 nitrogen and oxygen atoms in total. The van der Waals surface area contributed by atoms with Crippen molar-refractivity contribution in [1.29, 1.82) is 0 Å². The Kier molecular flexibility index (Phi) is 7.10. The Morgan fingerprint density at radius 3 is 2.18 bits per heavy atom. The van der Waals surface area contributed by atoms with Crippen molar-refractivity contribution in [2.24, 2.45) is 0 Å². The van der Waals surface area contributed by atoms with Crippen LogP contribution in [0.2, 0.25) is 0 Å². The topological polar surface area (TPSA) is 140 Å². The average Bonchev–Trinajstić information content (AvgIpc) is 2.83. The van der Waals surface area contributed by atoms with Crippen LogP contribution in [0.3, 0.4) is 0 Å². The van der Waals surface area contributed by atoms with Gasteiger partial charge in [-0.25, -0.2) is 4.98 Å². The number of para-hydroxylation sites is 1. The maximum atomic E-state index is 11.1. The van der Waals surface area contributed by atoms with Gasteiger partial charge in [-0.2, -0.15) is 8.42 Å². The molecule has 0 saturated heterocycles. The van der Waals surface area contributed by atoms with E-state index in [-0.39, 0.29) is 32.7 Å². The Morgan fingerprint density at radius 2 is 1.59 bits per heavy atom. The zero-order valence-corrected chi connectivity index (χ0v) is 13.4. The molecule has 1 aromatic heterocycles. The summed E-state index contributed by atoms with van der Waals surface area (Å²) in [4.78, 5) is 6.56. The van der Waals surface area contributed by atoms with E-state index in [1.165, 1.54) is 0 Å². The van der Waals surface area contributed by atoms with Crippen molar-refractivity contribution < 1.29 is 45.6 Å². The van der Waals surface area contributed by atoms with Crippen LogP contribution < -0.4 is 0 Å². The maximum Gasteiger partial charge on any atom is 4.00 e. The van der Waals surface area contributed by atoms with Crippen LogP contribution in [0, 0.1) is 0 Å². The number of aromatic nitrogens is 2. The molecule has 0 spiro atoms. The molecule has 3 aromatic rings. The van der Waals surface area contributed by atoms with Crippen molar-refractivity contribution >= 4 is 21.2 Å². The Labute approximate surface area is 141 Å². The molecule has 22 heavy (non-hydrogen) atoms. The number of fused-ring (bicyclic) bond motifs is 1. The molecule has 1 heterocycles. The number of aromatic amines is 1. The molecule has 0 radical (unpaired) electrons. The number of nitrogens with zero attached hydrogens (tertiary/aromatic N) is 1. The second kappa shape index (κ2) is 7.64. The summed E-state index contributed by atoms with van der Waals surface area (Å²) >= 11 is 0. The molecule has 0 fully saturated rings. The first-order valence-corrected chi connectivity index (χ1v) is 7.01. The third kappa shape index (κ3) is 3.80. The van der Waals surface area contributed by atoms with E-state index >= 15 is 0 Å². The smallest absolute Gasteiger partial charge is 2.00 e. The predicted molar refractivity (Wildman–Crippen MR) is 72.7 cm³/mol. The van der Waals surface area contributed by atoms with Gasteiger partial charge in [0.1, 0.15) is 0 Å². The van der Waals surface area contributed by atoms with Gasteiger partial charge >= 0.3 is 31.8 Å². The fourth-order valence-corrected chi connectivity index (χ4v) is 2.43. The minimum absolute atomic E-state index is 0. The molecule has 0 unspecified atom stereocenters. The summed E-state index contributed by atoms with van der Waals surface area (Å²) in [7, 11) is -4.33. The van der Waals surface area contributed by atoms with Gasteiger partial charge in [0.25, 0.3) is 5.16 Å². The molecular weight excluding hydrogens is 344 g/mol. The molecule has 0 bridgehead atoms. The van der Waals surface area contributed by atoms with Crippen molar-refractivity contribution in [1.82, 2.24) is 9.97 Å². The van der Waals surface area contributed by atoms with Gasteiger partial charge in [-0.05, 0) is 11.6 Å². The second-order valence-electron chi connectivity index (χ2n) is 4.08. The van der Waals surface area contributed by atoms with E-state index in [4.69, 9.17) is 4.55 Å². The van der Waals surface area contributed by atoms with Crippen LogP contribution in [0.4, 0.5) is 0 Å². The normalized spacial score (nSPS) is 10.2. The molecule has 3 rings (SSSR count). The molecule has 0 aliphatic heterocycles. The van der Waals surface area contributed by atoms with Crippen molar-refractivity contribution in [2.45, 2.75) is 5.16 Å². The van der Waals surface area contributed by atoms with Gasteiger partial charge in [0.05, 0.1) is 11.0 Å². The Hall–Kier alpha value is -1.55. The molecule has 112 valence electrons.